The van der Waals surface area contributed by atoms with Gasteiger partial charge in [0.15, 0.2) is 5.15 Å². The number of aromatic nitrogens is 1. The molecule has 2 N–H and O–H groups in total. The highest BCUT2D eigenvalue weighted by Crippen LogP contribution is 2.53. The first-order valence-corrected chi connectivity index (χ1v) is 11.4. The van der Waals surface area contributed by atoms with Crippen LogP contribution >= 0.6 is 34.3 Å². The number of carboxylic acids is 1. The van der Waals surface area contributed by atoms with Gasteiger partial charge in [0.2, 0.25) is 5.76 Å². The van der Waals surface area contributed by atoms with Gasteiger partial charge in [0.1, 0.15) is 17.7 Å². The number of fused-ring (bicyclic) bond motifs is 1. The molecule has 0 spiro atoms. The van der Waals surface area contributed by atoms with Crippen LogP contribution in [0.3, 0.4) is 0 Å². The van der Waals surface area contributed by atoms with E-state index in [1.165, 1.54) is 22.7 Å². The minimum absolute atomic E-state index is 0.0203. The van der Waals surface area contributed by atoms with Crippen LogP contribution in [0.4, 0.5) is 10.5 Å². The Morgan fingerprint density at radius 1 is 1.23 bits per heavy atom. The van der Waals surface area contributed by atoms with Gasteiger partial charge >= 0.3 is 12.1 Å². The fourth-order valence-electron chi connectivity index (χ4n) is 3.29. The van der Waals surface area contributed by atoms with Crippen LogP contribution < -0.4 is 5.32 Å². The second kappa shape index (κ2) is 7.67. The zero-order valence-electron chi connectivity index (χ0n) is 15.9. The van der Waals surface area contributed by atoms with Crippen molar-refractivity contribution in [3.05, 3.63) is 58.1 Å². The average Bonchev–Trinajstić information content (AvgIpc) is 3.17. The second-order valence-electron chi connectivity index (χ2n) is 7.22. The van der Waals surface area contributed by atoms with E-state index in [0.717, 1.165) is 24.7 Å². The molecule has 3 heterocycles. The molecule has 158 valence electrons. The standard InChI is InChI=1S/C21H15ClN2O5S2/c22-17-15(23-20(27)28-10-11-4-2-1-3-5-11)16(29-24-17)13-8-12-9-14(31-18(12)30-13)21(6-7-21)19(25)26/h1-5,8-9H,6-7,10H2,(H,23,27)(H,25,26). The lowest BCUT2D eigenvalue weighted by Crippen LogP contribution is -2.17. The first-order valence-electron chi connectivity index (χ1n) is 9.37. The van der Waals surface area contributed by atoms with E-state index < -0.39 is 17.5 Å². The lowest BCUT2D eigenvalue weighted by molar-refractivity contribution is -0.139. The maximum Gasteiger partial charge on any atom is 0.412 e. The fourth-order valence-corrected chi connectivity index (χ4v) is 6.12. The van der Waals surface area contributed by atoms with Gasteiger partial charge in [-0.2, -0.15) is 0 Å². The molecule has 1 amide bonds. The molecule has 1 fully saturated rings. The Bertz CT molecular complexity index is 1260. The number of nitrogens with zero attached hydrogens (tertiary/aromatic N) is 1. The Hall–Kier alpha value is -2.88. The van der Waals surface area contributed by atoms with Gasteiger partial charge in [-0.25, -0.2) is 4.79 Å². The van der Waals surface area contributed by atoms with Crippen LogP contribution in [0.25, 0.3) is 20.0 Å². The number of carbonyl (C=O) groups is 2. The van der Waals surface area contributed by atoms with E-state index in [-0.39, 0.29) is 17.4 Å². The summed E-state index contributed by atoms with van der Waals surface area (Å²) in [6, 6.07) is 13.1. The predicted molar refractivity (Wildman–Crippen MR) is 119 cm³/mol. The largest absolute Gasteiger partial charge is 0.481 e. The average molecular weight is 475 g/mol. The molecule has 4 aromatic rings. The smallest absolute Gasteiger partial charge is 0.412 e. The molecular weight excluding hydrogens is 460 g/mol. The Morgan fingerprint density at radius 3 is 2.68 bits per heavy atom. The van der Waals surface area contributed by atoms with Crippen LogP contribution in [0.2, 0.25) is 5.15 Å². The van der Waals surface area contributed by atoms with E-state index in [1.54, 1.807) is 0 Å². The van der Waals surface area contributed by atoms with Gasteiger partial charge in [-0.1, -0.05) is 47.1 Å². The van der Waals surface area contributed by atoms with Crippen molar-refractivity contribution in [2.75, 3.05) is 5.32 Å². The van der Waals surface area contributed by atoms with E-state index in [2.05, 4.69) is 10.5 Å². The van der Waals surface area contributed by atoms with E-state index in [4.69, 9.17) is 20.9 Å². The Balaban J connectivity index is 1.35. The van der Waals surface area contributed by atoms with Crippen LogP contribution in [-0.4, -0.2) is 22.3 Å². The minimum atomic E-state index is -0.774. The third kappa shape index (κ3) is 3.69. The van der Waals surface area contributed by atoms with Gasteiger partial charge in [0.05, 0.1) is 8.89 Å². The number of rotatable bonds is 6. The van der Waals surface area contributed by atoms with Gasteiger partial charge in [0.25, 0.3) is 0 Å². The minimum Gasteiger partial charge on any atom is -0.481 e. The third-order valence-electron chi connectivity index (χ3n) is 5.16. The maximum atomic E-state index is 12.3. The van der Waals surface area contributed by atoms with E-state index in [1.807, 2.05) is 42.5 Å². The third-order valence-corrected chi connectivity index (χ3v) is 8.01. The number of amides is 1. The number of nitrogens with one attached hydrogen (secondary N) is 1. The molecular formula is C21H15ClN2O5S2. The molecule has 0 atom stereocenters. The van der Waals surface area contributed by atoms with Crippen LogP contribution in [0.1, 0.15) is 23.3 Å². The zero-order valence-corrected chi connectivity index (χ0v) is 18.3. The van der Waals surface area contributed by atoms with Gasteiger partial charge in [-0.05, 0) is 30.5 Å². The Morgan fingerprint density at radius 2 is 2.00 bits per heavy atom. The SMILES string of the molecule is O=C(Nc1c(Cl)noc1-c1cc2cc(C3(C(=O)O)CC3)sc2s1)OCc1ccccc1. The number of hydrogen-bond acceptors (Lipinski definition) is 7. The van der Waals surface area contributed by atoms with E-state index >= 15 is 0 Å². The molecule has 3 aromatic heterocycles. The van der Waals surface area contributed by atoms with Gasteiger partial charge in [-0.3, -0.25) is 10.1 Å². The predicted octanol–water partition coefficient (Wildman–Crippen LogP) is 6.14. The van der Waals surface area contributed by atoms with Crippen LogP contribution in [0.15, 0.2) is 47.0 Å². The van der Waals surface area contributed by atoms with Crippen molar-refractivity contribution in [2.24, 2.45) is 0 Å². The summed E-state index contributed by atoms with van der Waals surface area (Å²) >= 11 is 9.03. The van der Waals surface area contributed by atoms with Crippen molar-refractivity contribution in [3.63, 3.8) is 0 Å². The molecule has 0 saturated heterocycles. The first-order chi connectivity index (χ1) is 15.0. The second-order valence-corrected chi connectivity index (χ2v) is 9.94. The van der Waals surface area contributed by atoms with Crippen molar-refractivity contribution >= 4 is 61.4 Å². The summed E-state index contributed by atoms with van der Waals surface area (Å²) in [6.45, 7) is 0.119. The van der Waals surface area contributed by atoms with Crippen molar-refractivity contribution < 1.29 is 24.0 Å². The molecule has 0 aliphatic heterocycles. The van der Waals surface area contributed by atoms with E-state index in [9.17, 15) is 14.7 Å². The number of benzene rings is 1. The molecule has 7 nitrogen and oxygen atoms in total. The number of hydrogen-bond donors (Lipinski definition) is 2. The van der Waals surface area contributed by atoms with Crippen LogP contribution in [0.5, 0.6) is 0 Å². The summed E-state index contributed by atoms with van der Waals surface area (Å²) in [7, 11) is 0. The number of carbonyl (C=O) groups excluding carboxylic acids is 1. The topological polar surface area (TPSA) is 102 Å². The maximum absolute atomic E-state index is 12.3. The molecule has 5 rings (SSSR count). The number of anilines is 1. The number of halogens is 1. The highest BCUT2D eigenvalue weighted by molar-refractivity contribution is 7.39. The molecule has 1 saturated carbocycles. The summed E-state index contributed by atoms with van der Waals surface area (Å²) < 4.78 is 11.6. The normalized spacial score (nSPS) is 14.5. The lowest BCUT2D eigenvalue weighted by atomic mass is 10.1. The summed E-state index contributed by atoms with van der Waals surface area (Å²) in [6.07, 6.45) is 0.660. The van der Waals surface area contributed by atoms with Crippen molar-refractivity contribution in [3.8, 4) is 10.6 Å². The number of ether oxygens (including phenoxy) is 1. The number of carboxylic acid groups (broad SMARTS) is 1. The quantitative estimate of drug-likeness (QED) is 0.348. The highest BCUT2D eigenvalue weighted by atomic mass is 35.5. The number of thiophene rings is 2. The summed E-state index contributed by atoms with van der Waals surface area (Å²) in [5, 5.41) is 16.8. The van der Waals surface area contributed by atoms with Gasteiger partial charge in [-0.15, -0.1) is 22.7 Å². The van der Waals surface area contributed by atoms with Gasteiger partial charge < -0.3 is 14.4 Å². The highest BCUT2D eigenvalue weighted by Gasteiger charge is 2.53. The van der Waals surface area contributed by atoms with Crippen molar-refractivity contribution in [1.82, 2.24) is 5.16 Å². The monoisotopic (exact) mass is 474 g/mol. The molecule has 1 aromatic carbocycles. The van der Waals surface area contributed by atoms with Crippen molar-refractivity contribution in [2.45, 2.75) is 24.9 Å². The van der Waals surface area contributed by atoms with Crippen LogP contribution in [0, 0.1) is 0 Å². The van der Waals surface area contributed by atoms with Crippen molar-refractivity contribution in [1.29, 1.82) is 0 Å². The summed E-state index contributed by atoms with van der Waals surface area (Å²) in [4.78, 5) is 25.4. The summed E-state index contributed by atoms with van der Waals surface area (Å²) in [5.74, 6) is -0.444. The molecule has 0 unspecified atom stereocenters. The number of aliphatic carboxylic acids is 1. The zero-order chi connectivity index (χ0) is 21.6. The molecule has 0 radical (unpaired) electrons. The summed E-state index contributed by atoms with van der Waals surface area (Å²) in [5.41, 5.74) is 0.366. The molecule has 10 heteroatoms. The molecule has 0 bridgehead atoms. The molecule has 1 aliphatic rings. The lowest BCUT2D eigenvalue weighted by Gasteiger charge is -2.06. The molecule has 31 heavy (non-hydrogen) atoms. The Labute approximate surface area is 189 Å². The molecule has 1 aliphatic carbocycles. The van der Waals surface area contributed by atoms with Gasteiger partial charge in [0, 0.05) is 10.3 Å². The van der Waals surface area contributed by atoms with Crippen LogP contribution in [-0.2, 0) is 21.6 Å². The fraction of sp³-hybridized carbons (Fsp3) is 0.190. The van der Waals surface area contributed by atoms with E-state index in [0.29, 0.717) is 18.6 Å². The first kappa shape index (κ1) is 20.0. The Kier molecular flexibility index (Phi) is 4.96.